The molecule has 1 aliphatic heterocycles. The number of ether oxygens (including phenoxy) is 1. The van der Waals surface area contributed by atoms with Crippen molar-refractivity contribution in [1.29, 1.82) is 0 Å². The molecule has 1 fully saturated rings. The minimum atomic E-state index is 0.0623. The smallest absolute Gasteiger partial charge is 0.225 e. The van der Waals surface area contributed by atoms with Crippen LogP contribution in [0.1, 0.15) is 32.3 Å². The second-order valence-corrected chi connectivity index (χ2v) is 7.03. The van der Waals surface area contributed by atoms with E-state index in [1.54, 1.807) is 13.1 Å². The van der Waals surface area contributed by atoms with Crippen molar-refractivity contribution >= 4 is 11.9 Å². The van der Waals surface area contributed by atoms with Gasteiger partial charge in [0.25, 0.3) is 0 Å². The quantitative estimate of drug-likeness (QED) is 0.439. The van der Waals surface area contributed by atoms with E-state index in [1.165, 1.54) is 0 Å². The van der Waals surface area contributed by atoms with Crippen LogP contribution in [0.3, 0.4) is 0 Å². The summed E-state index contributed by atoms with van der Waals surface area (Å²) in [6.45, 7) is 10.3. The molecule has 27 heavy (non-hydrogen) atoms. The fourth-order valence-corrected chi connectivity index (χ4v) is 3.12. The molecule has 1 saturated heterocycles. The number of benzene rings is 1. The van der Waals surface area contributed by atoms with Gasteiger partial charge in [0.15, 0.2) is 5.96 Å². The molecule has 0 unspecified atom stereocenters. The highest BCUT2D eigenvalue weighted by Gasteiger charge is 2.24. The van der Waals surface area contributed by atoms with Crippen LogP contribution in [-0.4, -0.2) is 49.6 Å². The number of nitrogens with zero attached hydrogens (tertiary/aromatic N) is 2. The molecule has 1 amide bonds. The molecule has 2 rings (SSSR count). The van der Waals surface area contributed by atoms with Crippen LogP contribution in [0.5, 0.6) is 5.75 Å². The Hall–Kier alpha value is -2.50. The molecule has 0 bridgehead atoms. The van der Waals surface area contributed by atoms with Gasteiger partial charge in [0.1, 0.15) is 12.4 Å². The first-order valence-corrected chi connectivity index (χ1v) is 9.62. The van der Waals surface area contributed by atoms with Crippen molar-refractivity contribution in [2.45, 2.75) is 39.3 Å². The standard InChI is InChI=1S/C21H32N4O2/c1-5-14-27-19-9-7-6-8-17(19)15-23-21(22-4)24-18-10-12-25(13-11-18)20(26)16(2)3/h5-9,16,18H,1,10-15H2,2-4H3,(H2,22,23,24). The van der Waals surface area contributed by atoms with Crippen LogP contribution in [-0.2, 0) is 11.3 Å². The number of nitrogens with one attached hydrogen (secondary N) is 2. The summed E-state index contributed by atoms with van der Waals surface area (Å²) in [6, 6.07) is 8.27. The zero-order valence-corrected chi connectivity index (χ0v) is 16.7. The minimum absolute atomic E-state index is 0.0623. The number of rotatable bonds is 7. The summed E-state index contributed by atoms with van der Waals surface area (Å²) in [5.41, 5.74) is 1.07. The van der Waals surface area contributed by atoms with Gasteiger partial charge in [-0.1, -0.05) is 44.7 Å². The largest absolute Gasteiger partial charge is 0.489 e. The molecule has 6 nitrogen and oxygen atoms in total. The number of carbonyl (C=O) groups excluding carboxylic acids is 1. The average molecular weight is 373 g/mol. The Morgan fingerprint density at radius 2 is 2.07 bits per heavy atom. The number of amides is 1. The van der Waals surface area contributed by atoms with E-state index >= 15 is 0 Å². The van der Waals surface area contributed by atoms with Gasteiger partial charge in [-0.05, 0) is 18.9 Å². The van der Waals surface area contributed by atoms with Crippen LogP contribution in [0.15, 0.2) is 41.9 Å². The third-order valence-corrected chi connectivity index (χ3v) is 4.64. The summed E-state index contributed by atoms with van der Waals surface area (Å²) in [5, 5.41) is 6.83. The zero-order valence-electron chi connectivity index (χ0n) is 16.7. The molecule has 0 radical (unpaired) electrons. The molecule has 0 aliphatic carbocycles. The summed E-state index contributed by atoms with van der Waals surface area (Å²) in [7, 11) is 1.77. The maximum Gasteiger partial charge on any atom is 0.225 e. The van der Waals surface area contributed by atoms with E-state index in [1.807, 2.05) is 43.0 Å². The maximum atomic E-state index is 12.1. The predicted molar refractivity (Wildman–Crippen MR) is 110 cm³/mol. The van der Waals surface area contributed by atoms with Gasteiger partial charge in [0.2, 0.25) is 5.91 Å². The van der Waals surface area contributed by atoms with E-state index < -0.39 is 0 Å². The van der Waals surface area contributed by atoms with Crippen molar-refractivity contribution < 1.29 is 9.53 Å². The van der Waals surface area contributed by atoms with Gasteiger partial charge in [-0.2, -0.15) is 0 Å². The minimum Gasteiger partial charge on any atom is -0.489 e. The summed E-state index contributed by atoms with van der Waals surface area (Å²) in [5.74, 6) is 1.92. The van der Waals surface area contributed by atoms with Gasteiger partial charge in [0, 0.05) is 44.2 Å². The molecule has 0 aromatic heterocycles. The van der Waals surface area contributed by atoms with E-state index in [-0.39, 0.29) is 11.8 Å². The lowest BCUT2D eigenvalue weighted by Gasteiger charge is -2.34. The molecular weight excluding hydrogens is 340 g/mol. The SMILES string of the molecule is C=CCOc1ccccc1CNC(=NC)NC1CCN(C(=O)C(C)C)CC1. The Morgan fingerprint density at radius 3 is 2.70 bits per heavy atom. The van der Waals surface area contributed by atoms with E-state index in [0.717, 1.165) is 43.2 Å². The number of piperidine rings is 1. The molecule has 0 atom stereocenters. The second kappa shape index (κ2) is 10.6. The number of para-hydroxylation sites is 1. The first-order chi connectivity index (χ1) is 13.0. The van der Waals surface area contributed by atoms with Crippen molar-refractivity contribution in [2.75, 3.05) is 26.7 Å². The van der Waals surface area contributed by atoms with Crippen molar-refractivity contribution in [3.05, 3.63) is 42.5 Å². The molecule has 0 saturated carbocycles. The number of guanidine groups is 1. The molecule has 0 spiro atoms. The summed E-state index contributed by atoms with van der Waals surface area (Å²) >= 11 is 0. The van der Waals surface area contributed by atoms with Crippen LogP contribution in [0, 0.1) is 5.92 Å². The monoisotopic (exact) mass is 372 g/mol. The van der Waals surface area contributed by atoms with Crippen LogP contribution in [0.4, 0.5) is 0 Å². The van der Waals surface area contributed by atoms with Crippen molar-refractivity contribution in [3.63, 3.8) is 0 Å². The highest BCUT2D eigenvalue weighted by Crippen LogP contribution is 2.18. The van der Waals surface area contributed by atoms with Crippen LogP contribution in [0.2, 0.25) is 0 Å². The number of hydrogen-bond acceptors (Lipinski definition) is 3. The molecule has 1 aromatic rings. The van der Waals surface area contributed by atoms with Gasteiger partial charge < -0.3 is 20.3 Å². The number of carbonyl (C=O) groups is 1. The molecule has 148 valence electrons. The summed E-state index contributed by atoms with van der Waals surface area (Å²) < 4.78 is 5.70. The van der Waals surface area contributed by atoms with Gasteiger partial charge in [-0.25, -0.2) is 0 Å². The third kappa shape index (κ3) is 6.31. The van der Waals surface area contributed by atoms with Crippen LogP contribution >= 0.6 is 0 Å². The number of aliphatic imine (C=N–C) groups is 1. The molecule has 6 heteroatoms. The van der Waals surface area contributed by atoms with Crippen molar-refractivity contribution in [2.24, 2.45) is 10.9 Å². The van der Waals surface area contributed by atoms with Crippen LogP contribution in [0.25, 0.3) is 0 Å². The third-order valence-electron chi connectivity index (χ3n) is 4.64. The Kier molecular flexibility index (Phi) is 8.17. The topological polar surface area (TPSA) is 66.0 Å². The molecule has 1 aliphatic rings. The fraction of sp³-hybridized carbons (Fsp3) is 0.524. The Balaban J connectivity index is 1.84. The Labute approximate surface area is 162 Å². The number of hydrogen-bond donors (Lipinski definition) is 2. The van der Waals surface area contributed by atoms with E-state index in [0.29, 0.717) is 19.2 Å². The van der Waals surface area contributed by atoms with Crippen molar-refractivity contribution in [3.8, 4) is 5.75 Å². The lowest BCUT2D eigenvalue weighted by molar-refractivity contribution is -0.135. The van der Waals surface area contributed by atoms with Gasteiger partial charge >= 0.3 is 0 Å². The Morgan fingerprint density at radius 1 is 1.37 bits per heavy atom. The summed E-state index contributed by atoms with van der Waals surface area (Å²) in [4.78, 5) is 18.4. The average Bonchev–Trinajstić information content (AvgIpc) is 2.70. The van der Waals surface area contributed by atoms with E-state index in [9.17, 15) is 4.79 Å². The van der Waals surface area contributed by atoms with Gasteiger partial charge in [-0.15, -0.1) is 0 Å². The van der Waals surface area contributed by atoms with E-state index in [4.69, 9.17) is 4.74 Å². The first kappa shape index (κ1) is 20.8. The van der Waals surface area contributed by atoms with Crippen LogP contribution < -0.4 is 15.4 Å². The number of likely N-dealkylation sites (tertiary alicyclic amines) is 1. The lowest BCUT2D eigenvalue weighted by Crippen LogP contribution is -2.50. The van der Waals surface area contributed by atoms with Gasteiger partial charge in [-0.3, -0.25) is 9.79 Å². The maximum absolute atomic E-state index is 12.1. The molecule has 1 heterocycles. The molecule has 2 N–H and O–H groups in total. The Bertz CT molecular complexity index is 649. The lowest BCUT2D eigenvalue weighted by atomic mass is 10.0. The highest BCUT2D eigenvalue weighted by atomic mass is 16.5. The highest BCUT2D eigenvalue weighted by molar-refractivity contribution is 5.80. The summed E-state index contributed by atoms with van der Waals surface area (Å²) in [6.07, 6.45) is 3.59. The fourth-order valence-electron chi connectivity index (χ4n) is 3.12. The van der Waals surface area contributed by atoms with Gasteiger partial charge in [0.05, 0.1) is 0 Å². The first-order valence-electron chi connectivity index (χ1n) is 9.62. The normalized spacial score (nSPS) is 15.6. The zero-order chi connectivity index (χ0) is 19.6. The molecule has 1 aromatic carbocycles. The van der Waals surface area contributed by atoms with E-state index in [2.05, 4.69) is 22.2 Å². The van der Waals surface area contributed by atoms with Crippen molar-refractivity contribution in [1.82, 2.24) is 15.5 Å². The second-order valence-electron chi connectivity index (χ2n) is 7.03. The predicted octanol–water partition coefficient (Wildman–Crippen LogP) is 2.56. The molecular formula is C21H32N4O2.